The molecule has 1 heterocycles. The summed E-state index contributed by atoms with van der Waals surface area (Å²) in [6, 6.07) is 9.18. The zero-order valence-electron chi connectivity index (χ0n) is 11.2. The predicted octanol–water partition coefficient (Wildman–Crippen LogP) is 1.99. The van der Waals surface area contributed by atoms with E-state index in [0.29, 0.717) is 19.5 Å². The molecule has 0 bridgehead atoms. The summed E-state index contributed by atoms with van der Waals surface area (Å²) >= 11 is 0. The second-order valence-corrected chi connectivity index (χ2v) is 5.21. The largest absolute Gasteiger partial charge is 0.393 e. The molecular weight excluding hydrogens is 267 g/mol. The van der Waals surface area contributed by atoms with Gasteiger partial charge in [0.2, 0.25) is 0 Å². The third kappa shape index (κ3) is 4.19. The lowest BCUT2D eigenvalue weighted by Crippen LogP contribution is -2.40. The summed E-state index contributed by atoms with van der Waals surface area (Å²) in [7, 11) is 0. The molecule has 1 aliphatic rings. The highest BCUT2D eigenvalue weighted by molar-refractivity contribution is 5.14. The van der Waals surface area contributed by atoms with Crippen molar-refractivity contribution in [1.82, 2.24) is 10.6 Å². The Kier molecular flexibility index (Phi) is 5.01. The van der Waals surface area contributed by atoms with Crippen LogP contribution in [0.3, 0.4) is 0 Å². The Bertz CT molecular complexity index is 408. The molecule has 3 atom stereocenters. The summed E-state index contributed by atoms with van der Waals surface area (Å²) < 4.78 is 38.5. The number of hydrogen-bond donors (Lipinski definition) is 3. The van der Waals surface area contributed by atoms with Crippen LogP contribution in [0.2, 0.25) is 0 Å². The summed E-state index contributed by atoms with van der Waals surface area (Å²) in [5.74, 6) is -1.34. The zero-order chi connectivity index (χ0) is 14.6. The van der Waals surface area contributed by atoms with E-state index in [0.717, 1.165) is 5.56 Å². The van der Waals surface area contributed by atoms with Crippen molar-refractivity contribution in [1.29, 1.82) is 0 Å². The number of benzene rings is 1. The van der Waals surface area contributed by atoms with Gasteiger partial charge in [0.25, 0.3) is 0 Å². The van der Waals surface area contributed by atoms with Crippen LogP contribution in [0.5, 0.6) is 0 Å². The average molecular weight is 287 g/mol. The van der Waals surface area contributed by atoms with Crippen molar-refractivity contribution in [2.24, 2.45) is 11.7 Å². The van der Waals surface area contributed by atoms with E-state index < -0.39 is 24.3 Å². The minimum atomic E-state index is -4.18. The van der Waals surface area contributed by atoms with Gasteiger partial charge in [0.05, 0.1) is 12.1 Å². The van der Waals surface area contributed by atoms with E-state index in [2.05, 4.69) is 10.6 Å². The fourth-order valence-electron chi connectivity index (χ4n) is 2.63. The standard InChI is InChI=1S/C14H20F3N3/c15-14(16,17)11-8-13(18)20-12(11)6-7-19-9-10-4-2-1-3-5-10/h1-5,11-13,19-20H,6-9,18H2/t11-,12-,13?/m0/s1. The molecule has 2 rings (SSSR count). The smallest absolute Gasteiger partial charge is 0.316 e. The highest BCUT2D eigenvalue weighted by Gasteiger charge is 2.48. The number of rotatable bonds is 5. The Hall–Kier alpha value is -1.11. The number of nitrogens with one attached hydrogen (secondary N) is 2. The minimum Gasteiger partial charge on any atom is -0.316 e. The normalized spacial score (nSPS) is 26.9. The van der Waals surface area contributed by atoms with Crippen LogP contribution in [0.4, 0.5) is 13.2 Å². The summed E-state index contributed by atoms with van der Waals surface area (Å²) in [4.78, 5) is 0. The van der Waals surface area contributed by atoms with Gasteiger partial charge in [-0.3, -0.25) is 5.32 Å². The van der Waals surface area contributed by atoms with Crippen LogP contribution in [-0.2, 0) is 6.54 Å². The van der Waals surface area contributed by atoms with E-state index in [1.54, 1.807) is 0 Å². The third-order valence-corrected chi connectivity index (χ3v) is 3.65. The summed E-state index contributed by atoms with van der Waals surface area (Å²) in [6.45, 7) is 1.20. The molecule has 4 N–H and O–H groups in total. The highest BCUT2D eigenvalue weighted by atomic mass is 19.4. The van der Waals surface area contributed by atoms with E-state index in [1.807, 2.05) is 30.3 Å². The summed E-state index contributed by atoms with van der Waals surface area (Å²) in [5, 5.41) is 5.99. The Morgan fingerprint density at radius 1 is 1.25 bits per heavy atom. The van der Waals surface area contributed by atoms with Crippen molar-refractivity contribution >= 4 is 0 Å². The van der Waals surface area contributed by atoms with Gasteiger partial charge < -0.3 is 11.1 Å². The molecule has 3 nitrogen and oxygen atoms in total. The van der Waals surface area contributed by atoms with E-state index in [9.17, 15) is 13.2 Å². The molecule has 1 saturated heterocycles. The van der Waals surface area contributed by atoms with Crippen molar-refractivity contribution in [3.8, 4) is 0 Å². The lowest BCUT2D eigenvalue weighted by molar-refractivity contribution is -0.177. The van der Waals surface area contributed by atoms with E-state index in [4.69, 9.17) is 5.73 Å². The first-order valence-corrected chi connectivity index (χ1v) is 6.80. The maximum Gasteiger partial charge on any atom is 0.393 e. The van der Waals surface area contributed by atoms with Gasteiger partial charge in [0.15, 0.2) is 0 Å². The maximum atomic E-state index is 12.8. The van der Waals surface area contributed by atoms with Crippen molar-refractivity contribution in [3.63, 3.8) is 0 Å². The van der Waals surface area contributed by atoms with Gasteiger partial charge in [-0.15, -0.1) is 0 Å². The average Bonchev–Trinajstić information content (AvgIpc) is 2.77. The summed E-state index contributed by atoms with van der Waals surface area (Å²) in [6.07, 6.45) is -4.34. The Morgan fingerprint density at radius 3 is 2.60 bits per heavy atom. The van der Waals surface area contributed by atoms with Gasteiger partial charge in [-0.25, -0.2) is 0 Å². The van der Waals surface area contributed by atoms with Crippen molar-refractivity contribution in [2.45, 2.75) is 37.8 Å². The molecule has 0 aliphatic carbocycles. The molecule has 0 spiro atoms. The van der Waals surface area contributed by atoms with Crippen molar-refractivity contribution < 1.29 is 13.2 Å². The number of halogens is 3. The molecule has 0 amide bonds. The first-order chi connectivity index (χ1) is 9.47. The van der Waals surface area contributed by atoms with Crippen LogP contribution in [0.15, 0.2) is 30.3 Å². The van der Waals surface area contributed by atoms with Crippen LogP contribution in [0, 0.1) is 5.92 Å². The highest BCUT2D eigenvalue weighted by Crippen LogP contribution is 2.36. The fourth-order valence-corrected chi connectivity index (χ4v) is 2.63. The number of alkyl halides is 3. The number of nitrogens with two attached hydrogens (primary N) is 1. The fraction of sp³-hybridized carbons (Fsp3) is 0.571. The molecule has 1 fully saturated rings. The monoisotopic (exact) mass is 287 g/mol. The quantitative estimate of drug-likeness (QED) is 0.726. The SMILES string of the molecule is NC1C[C@H](C(F)(F)F)[C@H](CCNCc2ccccc2)N1. The minimum absolute atomic E-state index is 0.0349. The van der Waals surface area contributed by atoms with E-state index >= 15 is 0 Å². The molecule has 0 aromatic heterocycles. The van der Waals surface area contributed by atoms with Gasteiger partial charge in [-0.1, -0.05) is 30.3 Å². The molecule has 0 saturated carbocycles. The van der Waals surface area contributed by atoms with Gasteiger partial charge >= 0.3 is 6.18 Å². The van der Waals surface area contributed by atoms with Crippen molar-refractivity contribution in [3.05, 3.63) is 35.9 Å². The molecule has 0 radical (unpaired) electrons. The molecule has 20 heavy (non-hydrogen) atoms. The zero-order valence-corrected chi connectivity index (χ0v) is 11.2. The van der Waals surface area contributed by atoms with Gasteiger partial charge in [0, 0.05) is 12.6 Å². The van der Waals surface area contributed by atoms with Crippen LogP contribution in [0.1, 0.15) is 18.4 Å². The lowest BCUT2D eigenvalue weighted by atomic mass is 9.97. The molecule has 6 heteroatoms. The topological polar surface area (TPSA) is 50.1 Å². The van der Waals surface area contributed by atoms with Crippen LogP contribution >= 0.6 is 0 Å². The van der Waals surface area contributed by atoms with Crippen LogP contribution in [0.25, 0.3) is 0 Å². The molecule has 1 aliphatic heterocycles. The Morgan fingerprint density at radius 2 is 1.95 bits per heavy atom. The third-order valence-electron chi connectivity index (χ3n) is 3.65. The molecule has 1 aromatic rings. The van der Waals surface area contributed by atoms with Gasteiger partial charge in [-0.05, 0) is 24.9 Å². The lowest BCUT2D eigenvalue weighted by Gasteiger charge is -2.22. The van der Waals surface area contributed by atoms with Crippen LogP contribution < -0.4 is 16.4 Å². The molecule has 1 unspecified atom stereocenters. The van der Waals surface area contributed by atoms with Crippen LogP contribution in [-0.4, -0.2) is 24.9 Å². The first-order valence-electron chi connectivity index (χ1n) is 6.80. The number of hydrogen-bond acceptors (Lipinski definition) is 3. The van der Waals surface area contributed by atoms with E-state index in [1.165, 1.54) is 0 Å². The second kappa shape index (κ2) is 6.56. The predicted molar refractivity (Wildman–Crippen MR) is 71.8 cm³/mol. The van der Waals surface area contributed by atoms with Gasteiger partial charge in [0.1, 0.15) is 0 Å². The maximum absolute atomic E-state index is 12.8. The Labute approximate surface area is 116 Å². The second-order valence-electron chi connectivity index (χ2n) is 5.21. The van der Waals surface area contributed by atoms with Crippen molar-refractivity contribution in [2.75, 3.05) is 6.54 Å². The summed E-state index contributed by atoms with van der Waals surface area (Å²) in [5.41, 5.74) is 6.70. The Balaban J connectivity index is 1.75. The molecular formula is C14H20F3N3. The molecule has 112 valence electrons. The first kappa shape index (κ1) is 15.3. The molecule has 1 aromatic carbocycles. The van der Waals surface area contributed by atoms with Gasteiger partial charge in [-0.2, -0.15) is 13.2 Å². The van der Waals surface area contributed by atoms with E-state index in [-0.39, 0.29) is 6.42 Å².